The number of aromatic nitrogens is 3. The molecule has 2 aromatic heterocycles. The van der Waals surface area contributed by atoms with E-state index in [4.69, 9.17) is 4.98 Å². The number of anilines is 1. The van der Waals surface area contributed by atoms with Crippen LogP contribution >= 0.6 is 0 Å². The van der Waals surface area contributed by atoms with Gasteiger partial charge in [-0.15, -0.1) is 0 Å². The van der Waals surface area contributed by atoms with Crippen LogP contribution in [0.4, 0.5) is 5.69 Å². The predicted octanol–water partition coefficient (Wildman–Crippen LogP) is 3.44. The number of aryl methyl sites for hydroxylation is 1. The van der Waals surface area contributed by atoms with Gasteiger partial charge in [-0.2, -0.15) is 0 Å². The third-order valence-electron chi connectivity index (χ3n) is 5.50. The summed E-state index contributed by atoms with van der Waals surface area (Å²) in [5, 5.41) is 2.66. The lowest BCUT2D eigenvalue weighted by molar-refractivity contribution is -0.105. The first-order valence-corrected chi connectivity index (χ1v) is 10.5. The first kappa shape index (κ1) is 21.2. The largest absolute Gasteiger partial charge is 0.341 e. The summed E-state index contributed by atoms with van der Waals surface area (Å²) in [5.74, 6) is 0.717. The van der Waals surface area contributed by atoms with E-state index >= 15 is 0 Å². The number of hydrogen-bond acceptors (Lipinski definition) is 4. The monoisotopic (exact) mass is 427 g/mol. The lowest BCUT2D eigenvalue weighted by atomic mass is 10.1. The molecule has 0 radical (unpaired) electrons. The zero-order valence-electron chi connectivity index (χ0n) is 18.2. The Balaban J connectivity index is 1.68. The van der Waals surface area contributed by atoms with Crippen LogP contribution in [0.2, 0.25) is 0 Å². The first-order valence-electron chi connectivity index (χ1n) is 10.5. The van der Waals surface area contributed by atoms with E-state index in [1.54, 1.807) is 30.3 Å². The van der Waals surface area contributed by atoms with Gasteiger partial charge in [0.2, 0.25) is 6.41 Å². The van der Waals surface area contributed by atoms with E-state index in [0.29, 0.717) is 42.6 Å². The zero-order chi connectivity index (χ0) is 22.5. The molecule has 0 fully saturated rings. The predicted molar refractivity (Wildman–Crippen MR) is 125 cm³/mol. The molecule has 0 aliphatic heterocycles. The highest BCUT2D eigenvalue weighted by atomic mass is 16.2. The summed E-state index contributed by atoms with van der Waals surface area (Å²) >= 11 is 0. The van der Waals surface area contributed by atoms with Crippen LogP contribution in [0, 0.1) is 0 Å². The van der Waals surface area contributed by atoms with Crippen LogP contribution in [0.15, 0.2) is 66.9 Å². The fraction of sp³-hybridized carbons (Fsp3) is 0.200. The number of nitrogens with zero attached hydrogens (tertiary/aromatic N) is 4. The van der Waals surface area contributed by atoms with Gasteiger partial charge in [-0.3, -0.25) is 14.6 Å². The summed E-state index contributed by atoms with van der Waals surface area (Å²) < 4.78 is 1.97. The minimum Gasteiger partial charge on any atom is -0.341 e. The Morgan fingerprint density at radius 2 is 1.91 bits per heavy atom. The van der Waals surface area contributed by atoms with Crippen molar-refractivity contribution in [2.75, 3.05) is 18.9 Å². The normalized spacial score (nSPS) is 10.8. The van der Waals surface area contributed by atoms with Crippen molar-refractivity contribution in [1.29, 1.82) is 0 Å². The SMILES string of the molecule is CN(CCc1ccccn1)C(=O)c1cc(NC=O)cc2nc(Cc3ccccc3)n(C)c12. The number of benzene rings is 2. The maximum Gasteiger partial charge on any atom is 0.255 e. The Morgan fingerprint density at radius 1 is 1.12 bits per heavy atom. The van der Waals surface area contributed by atoms with Crippen molar-refractivity contribution in [2.45, 2.75) is 12.8 Å². The van der Waals surface area contributed by atoms with Crippen molar-refractivity contribution in [1.82, 2.24) is 19.4 Å². The van der Waals surface area contributed by atoms with Crippen molar-refractivity contribution in [3.05, 3.63) is 89.5 Å². The third-order valence-corrected chi connectivity index (χ3v) is 5.50. The average molecular weight is 428 g/mol. The number of carbonyl (C=O) groups is 2. The van der Waals surface area contributed by atoms with Gasteiger partial charge in [-0.05, 0) is 29.8 Å². The van der Waals surface area contributed by atoms with Gasteiger partial charge in [0.25, 0.3) is 5.91 Å². The molecule has 4 rings (SSSR count). The summed E-state index contributed by atoms with van der Waals surface area (Å²) in [6.07, 6.45) is 3.65. The van der Waals surface area contributed by atoms with Crippen molar-refractivity contribution in [3.63, 3.8) is 0 Å². The number of rotatable bonds is 8. The quantitative estimate of drug-likeness (QED) is 0.437. The molecular weight excluding hydrogens is 402 g/mol. The van der Waals surface area contributed by atoms with E-state index in [9.17, 15) is 9.59 Å². The molecule has 2 heterocycles. The molecular formula is C25H25N5O2. The van der Waals surface area contributed by atoms with Gasteiger partial charge >= 0.3 is 0 Å². The highest BCUT2D eigenvalue weighted by molar-refractivity contribution is 6.07. The van der Waals surface area contributed by atoms with E-state index in [-0.39, 0.29) is 5.91 Å². The maximum atomic E-state index is 13.4. The molecule has 4 aromatic rings. The second kappa shape index (κ2) is 9.43. The molecule has 7 nitrogen and oxygen atoms in total. The number of hydrogen-bond donors (Lipinski definition) is 1. The Bertz CT molecular complexity index is 1240. The zero-order valence-corrected chi connectivity index (χ0v) is 18.2. The molecule has 2 aromatic carbocycles. The van der Waals surface area contributed by atoms with Gasteiger partial charge < -0.3 is 14.8 Å². The Labute approximate surface area is 186 Å². The van der Waals surface area contributed by atoms with Gasteiger partial charge in [0, 0.05) is 51.1 Å². The van der Waals surface area contributed by atoms with Gasteiger partial charge in [0.15, 0.2) is 0 Å². The van der Waals surface area contributed by atoms with E-state index in [2.05, 4.69) is 22.4 Å². The summed E-state index contributed by atoms with van der Waals surface area (Å²) in [6, 6.07) is 19.3. The van der Waals surface area contributed by atoms with Crippen LogP contribution in [0.1, 0.15) is 27.4 Å². The van der Waals surface area contributed by atoms with Crippen LogP contribution in [-0.2, 0) is 24.7 Å². The molecule has 0 aliphatic carbocycles. The first-order chi connectivity index (χ1) is 15.6. The number of pyridine rings is 1. The van der Waals surface area contributed by atoms with E-state index in [1.165, 1.54) is 0 Å². The molecule has 0 spiro atoms. The second-order valence-electron chi connectivity index (χ2n) is 7.70. The number of likely N-dealkylation sites (N-methyl/N-ethyl adjacent to an activating group) is 1. The standard InChI is InChI=1S/C25H25N5O2/c1-29(13-11-19-10-6-7-12-26-19)25(32)21-15-20(27-17-31)16-22-24(21)30(2)23(28-22)14-18-8-4-3-5-9-18/h3-10,12,15-17H,11,13-14H2,1-2H3,(H,27,31). The van der Waals surface area contributed by atoms with Crippen molar-refractivity contribution >= 4 is 29.0 Å². The molecule has 0 bridgehead atoms. The van der Waals surface area contributed by atoms with Crippen LogP contribution in [0.25, 0.3) is 11.0 Å². The van der Waals surface area contributed by atoms with Gasteiger partial charge in [-0.1, -0.05) is 36.4 Å². The summed E-state index contributed by atoms with van der Waals surface area (Å²) in [4.78, 5) is 35.2. The summed E-state index contributed by atoms with van der Waals surface area (Å²) in [6.45, 7) is 0.525. The van der Waals surface area contributed by atoms with Crippen LogP contribution in [0.3, 0.4) is 0 Å². The van der Waals surface area contributed by atoms with E-state index < -0.39 is 0 Å². The van der Waals surface area contributed by atoms with Crippen molar-refractivity contribution in [3.8, 4) is 0 Å². The minimum absolute atomic E-state index is 0.130. The summed E-state index contributed by atoms with van der Waals surface area (Å²) in [5.41, 5.74) is 4.54. The lowest BCUT2D eigenvalue weighted by Crippen LogP contribution is -2.29. The Morgan fingerprint density at radius 3 is 2.62 bits per heavy atom. The highest BCUT2D eigenvalue weighted by Gasteiger charge is 2.21. The smallest absolute Gasteiger partial charge is 0.255 e. The van der Waals surface area contributed by atoms with Gasteiger partial charge in [0.1, 0.15) is 5.82 Å². The number of imidazole rings is 1. The Hall–Kier alpha value is -4.00. The molecule has 0 saturated heterocycles. The molecule has 7 heteroatoms. The molecule has 0 saturated carbocycles. The third kappa shape index (κ3) is 4.51. The van der Waals surface area contributed by atoms with Crippen LogP contribution < -0.4 is 5.32 Å². The fourth-order valence-corrected chi connectivity index (χ4v) is 3.79. The molecule has 1 N–H and O–H groups in total. The number of amides is 2. The van der Waals surface area contributed by atoms with Crippen molar-refractivity contribution in [2.24, 2.45) is 7.05 Å². The second-order valence-corrected chi connectivity index (χ2v) is 7.70. The molecule has 0 atom stereocenters. The van der Waals surface area contributed by atoms with E-state index in [1.807, 2.05) is 48.0 Å². The van der Waals surface area contributed by atoms with E-state index in [0.717, 1.165) is 22.6 Å². The van der Waals surface area contributed by atoms with Gasteiger partial charge in [-0.25, -0.2) is 4.98 Å². The average Bonchev–Trinajstić information content (AvgIpc) is 3.13. The highest BCUT2D eigenvalue weighted by Crippen LogP contribution is 2.26. The van der Waals surface area contributed by atoms with Crippen LogP contribution in [-0.4, -0.2) is 45.3 Å². The van der Waals surface area contributed by atoms with Crippen molar-refractivity contribution < 1.29 is 9.59 Å². The number of nitrogens with one attached hydrogen (secondary N) is 1. The van der Waals surface area contributed by atoms with Gasteiger partial charge in [0.05, 0.1) is 16.6 Å². The molecule has 32 heavy (non-hydrogen) atoms. The summed E-state index contributed by atoms with van der Waals surface area (Å²) in [7, 11) is 3.70. The fourth-order valence-electron chi connectivity index (χ4n) is 3.79. The number of fused-ring (bicyclic) bond motifs is 1. The van der Waals surface area contributed by atoms with Crippen LogP contribution in [0.5, 0.6) is 0 Å². The Kier molecular flexibility index (Phi) is 6.26. The minimum atomic E-state index is -0.130. The lowest BCUT2D eigenvalue weighted by Gasteiger charge is -2.18. The molecule has 162 valence electrons. The topological polar surface area (TPSA) is 80.1 Å². The molecule has 0 aliphatic rings. The molecule has 0 unspecified atom stereocenters. The molecule has 2 amide bonds. The number of carbonyl (C=O) groups excluding carboxylic acids is 2. The maximum absolute atomic E-state index is 13.4.